The van der Waals surface area contributed by atoms with Gasteiger partial charge in [0.1, 0.15) is 30.8 Å². The molecule has 0 aliphatic rings. The Morgan fingerprint density at radius 1 is 0.822 bits per heavy atom. The van der Waals surface area contributed by atoms with Crippen molar-refractivity contribution >= 4 is 11.6 Å². The second-order valence-electron chi connectivity index (χ2n) is 10.7. The van der Waals surface area contributed by atoms with E-state index in [0.29, 0.717) is 41.8 Å². The number of hydrogen-bond acceptors (Lipinski definition) is 7. The van der Waals surface area contributed by atoms with Crippen molar-refractivity contribution in [2.45, 2.75) is 40.2 Å². The number of rotatable bonds is 12. The summed E-state index contributed by atoms with van der Waals surface area (Å²) in [5.74, 6) is 1.03. The normalized spacial score (nSPS) is 10.8. The molecule has 0 aliphatic carbocycles. The summed E-state index contributed by atoms with van der Waals surface area (Å²) in [4.78, 5) is 4.11. The van der Waals surface area contributed by atoms with Crippen molar-refractivity contribution < 1.29 is 14.6 Å². The van der Waals surface area contributed by atoms with Crippen molar-refractivity contribution in [2.75, 3.05) is 6.73 Å². The zero-order valence-corrected chi connectivity index (χ0v) is 26.1. The molecule has 7 nitrogen and oxygen atoms in total. The number of aliphatic hydroxyl groups excluding tert-OH is 1. The molecule has 5 rings (SSSR count). The lowest BCUT2D eigenvalue weighted by molar-refractivity contribution is 0.255. The average molecular weight is 619 g/mol. The third-order valence-corrected chi connectivity index (χ3v) is 8.08. The van der Waals surface area contributed by atoms with Crippen LogP contribution in [0.3, 0.4) is 0 Å². The second kappa shape index (κ2) is 14.8. The smallest absolute Gasteiger partial charge is 0.142 e. The van der Waals surface area contributed by atoms with E-state index < -0.39 is 0 Å². The van der Waals surface area contributed by atoms with Gasteiger partial charge in [-0.2, -0.15) is 5.26 Å². The van der Waals surface area contributed by atoms with Gasteiger partial charge in [-0.25, -0.2) is 0 Å². The van der Waals surface area contributed by atoms with Gasteiger partial charge < -0.3 is 20.3 Å². The topological polar surface area (TPSA) is 113 Å². The molecule has 5 aromatic rings. The molecule has 0 saturated heterocycles. The van der Waals surface area contributed by atoms with Crippen molar-refractivity contribution in [1.82, 2.24) is 10.3 Å². The molecule has 0 unspecified atom stereocenters. The van der Waals surface area contributed by atoms with Gasteiger partial charge in [-0.1, -0.05) is 66.2 Å². The first kappa shape index (κ1) is 31.7. The van der Waals surface area contributed by atoms with Crippen molar-refractivity contribution in [3.8, 4) is 39.8 Å². The molecule has 0 radical (unpaired) electrons. The van der Waals surface area contributed by atoms with Crippen molar-refractivity contribution in [3.63, 3.8) is 0 Å². The Bertz CT molecular complexity index is 1850. The maximum absolute atomic E-state index is 9.31. The Kier molecular flexibility index (Phi) is 10.5. The van der Waals surface area contributed by atoms with Crippen LogP contribution in [0.25, 0.3) is 22.3 Å². The van der Waals surface area contributed by atoms with Gasteiger partial charge >= 0.3 is 0 Å². The van der Waals surface area contributed by atoms with Crippen LogP contribution in [0, 0.1) is 25.2 Å². The van der Waals surface area contributed by atoms with Gasteiger partial charge in [0.2, 0.25) is 0 Å². The van der Waals surface area contributed by atoms with Gasteiger partial charge in [0.05, 0.1) is 17.3 Å². The fourth-order valence-corrected chi connectivity index (χ4v) is 5.57. The number of aliphatic hydroxyl groups is 1. The summed E-state index contributed by atoms with van der Waals surface area (Å²) in [7, 11) is 0. The Morgan fingerprint density at radius 2 is 1.56 bits per heavy atom. The Hall–Kier alpha value is -4.71. The number of ether oxygens (including phenoxy) is 2. The van der Waals surface area contributed by atoms with E-state index in [4.69, 9.17) is 26.8 Å². The quantitative estimate of drug-likeness (QED) is 0.127. The number of nitrogens with one attached hydrogen (secondary N) is 1. The molecule has 0 saturated carbocycles. The molecule has 0 atom stereocenters. The van der Waals surface area contributed by atoms with Crippen LogP contribution in [-0.4, -0.2) is 16.8 Å². The highest BCUT2D eigenvalue weighted by Gasteiger charge is 2.15. The molecular weight excluding hydrogens is 584 g/mol. The van der Waals surface area contributed by atoms with Crippen LogP contribution in [0.5, 0.6) is 11.5 Å². The van der Waals surface area contributed by atoms with E-state index >= 15 is 0 Å². The maximum Gasteiger partial charge on any atom is 0.142 e. The number of nitrogens with zero attached hydrogens (tertiary/aromatic N) is 2. The SMILES string of the molecule is Cc1c(COc2cc(OCc3cncc(C#N)c3)c(CNCO)cc2Cl)cccc1-c1cccc(-c2cccc(CN)c2)c1C. The van der Waals surface area contributed by atoms with E-state index in [-0.39, 0.29) is 13.3 Å². The molecular formula is C37H35ClN4O3. The molecule has 0 spiro atoms. The van der Waals surface area contributed by atoms with Gasteiger partial charge in [-0.3, -0.25) is 10.3 Å². The summed E-state index contributed by atoms with van der Waals surface area (Å²) in [6.45, 7) is 5.42. The Balaban J connectivity index is 1.39. The van der Waals surface area contributed by atoms with Gasteiger partial charge in [0.15, 0.2) is 0 Å². The summed E-state index contributed by atoms with van der Waals surface area (Å²) >= 11 is 6.66. The number of aromatic nitrogens is 1. The molecule has 4 aromatic carbocycles. The molecule has 4 N–H and O–H groups in total. The van der Waals surface area contributed by atoms with Gasteiger partial charge in [0.25, 0.3) is 0 Å². The zero-order chi connectivity index (χ0) is 31.8. The van der Waals surface area contributed by atoms with Gasteiger partial charge in [-0.15, -0.1) is 0 Å². The van der Waals surface area contributed by atoms with E-state index in [1.54, 1.807) is 24.4 Å². The van der Waals surface area contributed by atoms with Crippen LogP contribution in [0.2, 0.25) is 5.02 Å². The highest BCUT2D eigenvalue weighted by Crippen LogP contribution is 2.37. The van der Waals surface area contributed by atoms with Crippen LogP contribution < -0.4 is 20.5 Å². The van der Waals surface area contributed by atoms with Crippen molar-refractivity contribution in [3.05, 3.63) is 135 Å². The zero-order valence-electron chi connectivity index (χ0n) is 25.3. The summed E-state index contributed by atoms with van der Waals surface area (Å²) < 4.78 is 12.4. The predicted octanol–water partition coefficient (Wildman–Crippen LogP) is 7.21. The summed E-state index contributed by atoms with van der Waals surface area (Å²) in [6, 6.07) is 28.4. The molecule has 0 fully saturated rings. The van der Waals surface area contributed by atoms with E-state index in [2.05, 4.69) is 72.7 Å². The highest BCUT2D eigenvalue weighted by molar-refractivity contribution is 6.32. The molecule has 0 bridgehead atoms. The minimum atomic E-state index is -0.193. The maximum atomic E-state index is 9.31. The largest absolute Gasteiger partial charge is 0.488 e. The molecule has 1 heterocycles. The number of halogens is 1. The highest BCUT2D eigenvalue weighted by atomic mass is 35.5. The van der Waals surface area contributed by atoms with Gasteiger partial charge in [0, 0.05) is 42.7 Å². The number of nitriles is 1. The van der Waals surface area contributed by atoms with Crippen LogP contribution in [0.1, 0.15) is 38.9 Å². The minimum absolute atomic E-state index is 0.193. The fourth-order valence-electron chi connectivity index (χ4n) is 5.33. The van der Waals surface area contributed by atoms with Gasteiger partial charge in [-0.05, 0) is 76.6 Å². The Labute approximate surface area is 268 Å². The van der Waals surface area contributed by atoms with E-state index in [1.807, 2.05) is 18.2 Å². The lowest BCUT2D eigenvalue weighted by Gasteiger charge is -2.18. The fraction of sp³-hybridized carbons (Fsp3) is 0.189. The monoisotopic (exact) mass is 618 g/mol. The molecule has 8 heteroatoms. The first-order chi connectivity index (χ1) is 21.9. The standard InChI is InChI=1S/C37H35ClN4O3/c1-24-30(8-4-10-33(24)34-11-5-9-32(25(34)2)29-7-3-6-26(13-29)16-39)22-45-37-15-36(31(14-35(37)38)20-42-23-43)44-21-28-12-27(17-40)18-41-19-28/h3-15,18-19,42-43H,16,20-23,39H2,1-2H3. The summed E-state index contributed by atoms with van der Waals surface area (Å²) in [5.41, 5.74) is 16.9. The van der Waals surface area contributed by atoms with E-state index in [1.165, 1.54) is 17.3 Å². The second-order valence-corrected chi connectivity index (χ2v) is 11.1. The van der Waals surface area contributed by atoms with Crippen LogP contribution in [-0.2, 0) is 26.3 Å². The third-order valence-electron chi connectivity index (χ3n) is 7.79. The third kappa shape index (κ3) is 7.51. The van der Waals surface area contributed by atoms with Crippen LogP contribution in [0.15, 0.2) is 91.3 Å². The van der Waals surface area contributed by atoms with Crippen molar-refractivity contribution in [1.29, 1.82) is 5.26 Å². The van der Waals surface area contributed by atoms with Crippen LogP contribution in [0.4, 0.5) is 0 Å². The molecule has 228 valence electrons. The molecule has 0 amide bonds. The minimum Gasteiger partial charge on any atom is -0.488 e. The summed E-state index contributed by atoms with van der Waals surface area (Å²) in [5, 5.41) is 21.8. The van der Waals surface area contributed by atoms with E-state index in [9.17, 15) is 10.4 Å². The first-order valence-electron chi connectivity index (χ1n) is 14.6. The lowest BCUT2D eigenvalue weighted by atomic mass is 9.89. The summed E-state index contributed by atoms with van der Waals surface area (Å²) in [6.07, 6.45) is 3.16. The number of nitrogens with two attached hydrogens (primary N) is 1. The predicted molar refractivity (Wildman–Crippen MR) is 178 cm³/mol. The first-order valence-corrected chi connectivity index (χ1v) is 15.0. The average Bonchev–Trinajstić information content (AvgIpc) is 3.07. The number of benzene rings is 4. The Morgan fingerprint density at radius 3 is 2.33 bits per heavy atom. The van der Waals surface area contributed by atoms with Crippen LogP contribution >= 0.6 is 11.6 Å². The number of hydrogen-bond donors (Lipinski definition) is 3. The molecule has 45 heavy (non-hydrogen) atoms. The molecule has 0 aliphatic heterocycles. The van der Waals surface area contributed by atoms with E-state index in [0.717, 1.165) is 44.5 Å². The number of pyridine rings is 1. The lowest BCUT2D eigenvalue weighted by Crippen LogP contribution is -2.15. The molecule has 1 aromatic heterocycles. The van der Waals surface area contributed by atoms with Crippen molar-refractivity contribution in [2.24, 2.45) is 5.73 Å².